The van der Waals surface area contributed by atoms with Crippen LogP contribution >= 0.6 is 0 Å². The van der Waals surface area contributed by atoms with Crippen LogP contribution in [0.25, 0.3) is 0 Å². The van der Waals surface area contributed by atoms with Gasteiger partial charge in [-0.05, 0) is 36.4 Å². The second kappa shape index (κ2) is 7.96. The van der Waals surface area contributed by atoms with Gasteiger partial charge in [0.05, 0.1) is 5.56 Å². The van der Waals surface area contributed by atoms with Crippen molar-refractivity contribution in [3.8, 4) is 0 Å². The molecule has 10 heteroatoms. The van der Waals surface area contributed by atoms with Crippen molar-refractivity contribution in [2.45, 2.75) is 6.18 Å². The van der Waals surface area contributed by atoms with E-state index >= 15 is 0 Å². The van der Waals surface area contributed by atoms with Crippen LogP contribution in [0.15, 0.2) is 47.6 Å². The third-order valence-electron chi connectivity index (χ3n) is 3.52. The number of amidine groups is 1. The van der Waals surface area contributed by atoms with Crippen LogP contribution < -0.4 is 22.2 Å². The number of benzene rings is 2. The van der Waals surface area contributed by atoms with E-state index in [4.69, 9.17) is 11.6 Å². The summed E-state index contributed by atoms with van der Waals surface area (Å²) in [5, 5.41) is 10.2. The predicted molar refractivity (Wildman–Crippen MR) is 97.2 cm³/mol. The molecule has 0 saturated heterocycles. The Morgan fingerprint density at radius 2 is 1.89 bits per heavy atom. The molecule has 2 aromatic carbocycles. The Kier molecular flexibility index (Phi) is 5.91. The number of anilines is 2. The van der Waals surface area contributed by atoms with E-state index in [1.54, 1.807) is 0 Å². The van der Waals surface area contributed by atoms with Crippen molar-refractivity contribution in [1.82, 2.24) is 10.4 Å². The van der Waals surface area contributed by atoms with Crippen LogP contribution in [0, 0.1) is 0 Å². The molecule has 144 valence electrons. The van der Waals surface area contributed by atoms with Gasteiger partial charge >= 0.3 is 6.18 Å². The van der Waals surface area contributed by atoms with Crippen molar-refractivity contribution in [3.63, 3.8) is 0 Å². The van der Waals surface area contributed by atoms with Crippen LogP contribution in [0.2, 0.25) is 0 Å². The Morgan fingerprint density at radius 1 is 1.19 bits per heavy atom. The molecule has 0 aromatic heterocycles. The quantitative estimate of drug-likeness (QED) is 0.275. The highest BCUT2D eigenvalue weighted by Gasteiger charge is 2.30. The van der Waals surface area contributed by atoms with E-state index in [0.717, 1.165) is 17.3 Å². The molecule has 0 atom stereocenters. The van der Waals surface area contributed by atoms with E-state index in [2.05, 4.69) is 15.7 Å². The fourth-order valence-corrected chi connectivity index (χ4v) is 2.30. The zero-order chi connectivity index (χ0) is 20.2. The van der Waals surface area contributed by atoms with Crippen LogP contribution in [-0.4, -0.2) is 31.0 Å². The molecule has 0 aliphatic heterocycles. The molecule has 2 aromatic rings. The first kappa shape index (κ1) is 20.0. The summed E-state index contributed by atoms with van der Waals surface area (Å²) in [5.41, 5.74) is 6.33. The van der Waals surface area contributed by atoms with Crippen molar-refractivity contribution in [3.05, 3.63) is 59.2 Å². The smallest absolute Gasteiger partial charge is 0.382 e. The third-order valence-corrected chi connectivity index (χ3v) is 3.52. The standard InChI is InChI=1S/C17H19F3N6O/c1-23-16(27)10-6-7-14(13(8-10)15(21)25-26(2)22)24-12-5-3-4-11(9-12)17(18,19)20/h3-9,24H,22H2,1-2H3,(H2,21,25)(H,23,27). The average molecular weight is 380 g/mol. The van der Waals surface area contributed by atoms with Crippen molar-refractivity contribution in [2.75, 3.05) is 19.4 Å². The first-order valence-corrected chi connectivity index (χ1v) is 7.75. The Hall–Kier alpha value is -3.27. The monoisotopic (exact) mass is 380 g/mol. The lowest BCUT2D eigenvalue weighted by Crippen LogP contribution is -2.26. The van der Waals surface area contributed by atoms with Crippen LogP contribution in [0.3, 0.4) is 0 Å². The van der Waals surface area contributed by atoms with E-state index in [-0.39, 0.29) is 17.4 Å². The zero-order valence-corrected chi connectivity index (χ0v) is 14.6. The molecular formula is C17H19F3N6O. The lowest BCUT2D eigenvalue weighted by Gasteiger charge is -2.15. The topological polar surface area (TPSA) is 109 Å². The summed E-state index contributed by atoms with van der Waals surface area (Å²) in [6.07, 6.45) is -4.47. The Bertz CT molecular complexity index is 864. The first-order chi connectivity index (χ1) is 12.6. The number of rotatable bonds is 5. The average Bonchev–Trinajstić information content (AvgIpc) is 2.60. The van der Waals surface area contributed by atoms with Crippen molar-refractivity contribution in [2.24, 2.45) is 16.7 Å². The molecule has 7 nitrogen and oxygen atoms in total. The van der Waals surface area contributed by atoms with Gasteiger partial charge in [0.15, 0.2) is 5.84 Å². The predicted octanol–water partition coefficient (Wildman–Crippen LogP) is 2.23. The number of nitrogens with two attached hydrogens (primary N) is 2. The molecule has 1 amide bonds. The van der Waals surface area contributed by atoms with E-state index in [1.165, 1.54) is 44.4 Å². The fourth-order valence-electron chi connectivity index (χ4n) is 2.30. The number of carbonyl (C=O) groups is 1. The van der Waals surface area contributed by atoms with E-state index in [0.29, 0.717) is 16.8 Å². The number of hydrazine groups is 1. The number of halogens is 3. The molecule has 0 fully saturated rings. The van der Waals surface area contributed by atoms with Crippen molar-refractivity contribution in [1.29, 1.82) is 0 Å². The number of nitrogens with zero attached hydrogens (tertiary/aromatic N) is 2. The summed E-state index contributed by atoms with van der Waals surface area (Å²) in [7, 11) is 2.93. The molecule has 2 rings (SSSR count). The lowest BCUT2D eigenvalue weighted by molar-refractivity contribution is -0.137. The second-order valence-corrected chi connectivity index (χ2v) is 5.60. The van der Waals surface area contributed by atoms with E-state index in [9.17, 15) is 18.0 Å². The van der Waals surface area contributed by atoms with Crippen LogP contribution in [-0.2, 0) is 6.18 Å². The second-order valence-electron chi connectivity index (χ2n) is 5.60. The van der Waals surface area contributed by atoms with Crippen LogP contribution in [0.5, 0.6) is 0 Å². The highest BCUT2D eigenvalue weighted by molar-refractivity contribution is 6.05. The summed E-state index contributed by atoms with van der Waals surface area (Å²) in [6.45, 7) is 0. The zero-order valence-electron chi connectivity index (χ0n) is 14.6. The van der Waals surface area contributed by atoms with E-state index < -0.39 is 11.7 Å². The van der Waals surface area contributed by atoms with Gasteiger partial charge in [0.2, 0.25) is 0 Å². The maximum Gasteiger partial charge on any atom is 0.416 e. The number of hydrazone groups is 1. The normalized spacial score (nSPS) is 11.9. The number of carbonyl (C=O) groups excluding carboxylic acids is 1. The molecule has 27 heavy (non-hydrogen) atoms. The van der Waals surface area contributed by atoms with Crippen LogP contribution in [0.4, 0.5) is 24.5 Å². The minimum Gasteiger partial charge on any atom is -0.382 e. The van der Waals surface area contributed by atoms with Gasteiger partial charge < -0.3 is 16.4 Å². The van der Waals surface area contributed by atoms with Crippen molar-refractivity contribution >= 4 is 23.1 Å². The van der Waals surface area contributed by atoms with Crippen molar-refractivity contribution < 1.29 is 18.0 Å². The molecule has 0 saturated carbocycles. The van der Waals surface area contributed by atoms with E-state index in [1.807, 2.05) is 0 Å². The highest BCUT2D eigenvalue weighted by atomic mass is 19.4. The van der Waals surface area contributed by atoms with Crippen LogP contribution in [0.1, 0.15) is 21.5 Å². The minimum atomic E-state index is -4.47. The molecule has 0 radical (unpaired) electrons. The summed E-state index contributed by atoms with van der Waals surface area (Å²) in [5.74, 6) is 5.10. The number of nitrogens with one attached hydrogen (secondary N) is 2. The maximum atomic E-state index is 12.9. The summed E-state index contributed by atoms with van der Waals surface area (Å²) in [4.78, 5) is 11.9. The molecule has 0 spiro atoms. The molecule has 0 unspecified atom stereocenters. The molecule has 0 aliphatic rings. The van der Waals surface area contributed by atoms with Gasteiger partial charge in [-0.25, -0.2) is 11.0 Å². The number of alkyl halides is 3. The number of amides is 1. The van der Waals surface area contributed by atoms with Gasteiger partial charge in [0, 0.05) is 36.6 Å². The molecule has 0 aliphatic carbocycles. The fraction of sp³-hybridized carbons (Fsp3) is 0.176. The largest absolute Gasteiger partial charge is 0.416 e. The summed E-state index contributed by atoms with van der Waals surface area (Å²) >= 11 is 0. The molecule has 0 heterocycles. The Morgan fingerprint density at radius 3 is 2.48 bits per heavy atom. The maximum absolute atomic E-state index is 12.9. The first-order valence-electron chi connectivity index (χ1n) is 7.75. The number of hydrogen-bond acceptors (Lipinski definition) is 5. The Labute approximate surface area is 153 Å². The van der Waals surface area contributed by atoms with Gasteiger partial charge in [-0.2, -0.15) is 13.2 Å². The molecular weight excluding hydrogens is 361 g/mol. The van der Waals surface area contributed by atoms with Gasteiger partial charge in [-0.3, -0.25) is 4.79 Å². The Balaban J connectivity index is 2.48. The lowest BCUT2D eigenvalue weighted by atomic mass is 10.1. The van der Waals surface area contributed by atoms with Gasteiger partial charge in [-0.1, -0.05) is 6.07 Å². The third kappa shape index (κ3) is 5.11. The van der Waals surface area contributed by atoms with Gasteiger partial charge in [0.25, 0.3) is 5.91 Å². The molecule has 0 bridgehead atoms. The minimum absolute atomic E-state index is 0.0137. The van der Waals surface area contributed by atoms with Gasteiger partial charge in [0.1, 0.15) is 0 Å². The van der Waals surface area contributed by atoms with Gasteiger partial charge in [-0.15, -0.1) is 5.10 Å². The highest BCUT2D eigenvalue weighted by Crippen LogP contribution is 2.32. The SMILES string of the molecule is CNC(=O)c1ccc(Nc2cccc(C(F)(F)F)c2)c(/C(N)=N/N(C)N)c1. The summed E-state index contributed by atoms with van der Waals surface area (Å²) < 4.78 is 38.7. The summed E-state index contributed by atoms with van der Waals surface area (Å²) in [6, 6.07) is 9.22. The molecule has 6 N–H and O–H groups in total. The number of hydrogen-bond donors (Lipinski definition) is 4.